The third-order valence-electron chi connectivity index (χ3n) is 1.83. The van der Waals surface area contributed by atoms with Gasteiger partial charge in [0.25, 0.3) is 0 Å². The normalized spacial score (nSPS) is 13.2. The zero-order valence-electron chi connectivity index (χ0n) is 8.05. The van der Waals surface area contributed by atoms with Crippen molar-refractivity contribution in [3.8, 4) is 0 Å². The molecule has 1 nitrogen and oxygen atoms in total. The molecule has 1 rings (SSSR count). The molecule has 0 saturated carbocycles. The molecular weight excluding hydrogens is 248 g/mol. The minimum absolute atomic E-state index is 0.380. The second-order valence-corrected chi connectivity index (χ2v) is 5.66. The Bertz CT molecular complexity index is 247. The fraction of sp³-hybridized carbons (Fsp3) is 0.600. The maximum Gasteiger partial charge on any atom is 0.0813 e. The molecule has 0 aliphatic heterocycles. The van der Waals surface area contributed by atoms with Crippen LogP contribution in [0.2, 0.25) is 0 Å². The number of rotatable bonds is 5. The van der Waals surface area contributed by atoms with Gasteiger partial charge in [-0.25, -0.2) is 0 Å². The molecule has 0 aromatic carbocycles. The second-order valence-electron chi connectivity index (χ2n) is 3.12. The van der Waals surface area contributed by atoms with Crippen molar-refractivity contribution in [2.24, 2.45) is 0 Å². The fourth-order valence-electron chi connectivity index (χ4n) is 1.14. The standard InChI is InChI=1S/C10H15BrOS/c1-3-4-8(2)12-7-9-5-6-10(11)13-9/h5-6,8H,3-4,7H2,1-2H3. The monoisotopic (exact) mass is 262 g/mol. The van der Waals surface area contributed by atoms with Gasteiger partial charge < -0.3 is 4.74 Å². The van der Waals surface area contributed by atoms with Gasteiger partial charge in [-0.3, -0.25) is 0 Å². The van der Waals surface area contributed by atoms with Crippen LogP contribution in [0.3, 0.4) is 0 Å². The van der Waals surface area contributed by atoms with Gasteiger partial charge in [0.1, 0.15) is 0 Å². The number of hydrogen-bond acceptors (Lipinski definition) is 2. The Morgan fingerprint density at radius 2 is 2.31 bits per heavy atom. The zero-order chi connectivity index (χ0) is 9.68. The Labute approximate surface area is 92.2 Å². The van der Waals surface area contributed by atoms with Crippen LogP contribution in [-0.2, 0) is 11.3 Å². The highest BCUT2D eigenvalue weighted by Crippen LogP contribution is 2.23. The first-order valence-corrected chi connectivity index (χ1v) is 6.19. The molecule has 1 aromatic rings. The van der Waals surface area contributed by atoms with Crippen LogP contribution in [0.5, 0.6) is 0 Å². The molecule has 1 unspecified atom stereocenters. The van der Waals surface area contributed by atoms with E-state index in [9.17, 15) is 0 Å². The van der Waals surface area contributed by atoms with E-state index in [0.29, 0.717) is 6.10 Å². The zero-order valence-corrected chi connectivity index (χ0v) is 10.5. The van der Waals surface area contributed by atoms with Crippen LogP contribution in [0.1, 0.15) is 31.6 Å². The predicted molar refractivity (Wildman–Crippen MR) is 61.2 cm³/mol. The quantitative estimate of drug-likeness (QED) is 0.773. The Morgan fingerprint density at radius 1 is 1.54 bits per heavy atom. The third kappa shape index (κ3) is 4.25. The average Bonchev–Trinajstić information content (AvgIpc) is 2.49. The van der Waals surface area contributed by atoms with E-state index in [0.717, 1.165) is 13.0 Å². The fourth-order valence-corrected chi connectivity index (χ4v) is 2.55. The van der Waals surface area contributed by atoms with E-state index in [-0.39, 0.29) is 0 Å². The van der Waals surface area contributed by atoms with Gasteiger partial charge in [-0.05, 0) is 41.4 Å². The lowest BCUT2D eigenvalue weighted by atomic mass is 10.2. The summed E-state index contributed by atoms with van der Waals surface area (Å²) in [4.78, 5) is 1.29. The minimum Gasteiger partial charge on any atom is -0.373 e. The van der Waals surface area contributed by atoms with E-state index in [1.807, 2.05) is 0 Å². The number of halogens is 1. The van der Waals surface area contributed by atoms with Crippen LogP contribution < -0.4 is 0 Å². The predicted octanol–water partition coefficient (Wildman–Crippen LogP) is 4.22. The van der Waals surface area contributed by atoms with Crippen molar-refractivity contribution in [1.29, 1.82) is 0 Å². The molecule has 1 heterocycles. The molecule has 0 radical (unpaired) electrons. The van der Waals surface area contributed by atoms with Crippen LogP contribution in [0.25, 0.3) is 0 Å². The first-order valence-electron chi connectivity index (χ1n) is 4.58. The van der Waals surface area contributed by atoms with Gasteiger partial charge in [0.2, 0.25) is 0 Å². The van der Waals surface area contributed by atoms with Crippen molar-refractivity contribution in [2.45, 2.75) is 39.4 Å². The molecule has 3 heteroatoms. The molecule has 0 saturated heterocycles. The largest absolute Gasteiger partial charge is 0.373 e. The molecule has 0 N–H and O–H groups in total. The Kier molecular flexibility index (Phi) is 4.99. The van der Waals surface area contributed by atoms with Gasteiger partial charge >= 0.3 is 0 Å². The molecule has 13 heavy (non-hydrogen) atoms. The average molecular weight is 263 g/mol. The lowest BCUT2D eigenvalue weighted by Crippen LogP contribution is -2.06. The van der Waals surface area contributed by atoms with E-state index in [1.54, 1.807) is 11.3 Å². The summed E-state index contributed by atoms with van der Waals surface area (Å²) in [5.74, 6) is 0. The van der Waals surface area contributed by atoms with Crippen LogP contribution >= 0.6 is 27.3 Å². The first-order chi connectivity index (χ1) is 6.22. The molecule has 0 aliphatic rings. The molecule has 0 bridgehead atoms. The SMILES string of the molecule is CCCC(C)OCc1ccc(Br)s1. The van der Waals surface area contributed by atoms with Crippen molar-refractivity contribution < 1.29 is 4.74 Å². The maximum atomic E-state index is 5.67. The molecule has 0 spiro atoms. The summed E-state index contributed by atoms with van der Waals surface area (Å²) in [6.45, 7) is 5.06. The van der Waals surface area contributed by atoms with E-state index in [1.165, 1.54) is 15.1 Å². The van der Waals surface area contributed by atoms with Crippen molar-refractivity contribution in [3.05, 3.63) is 20.8 Å². The Morgan fingerprint density at radius 3 is 2.85 bits per heavy atom. The summed E-state index contributed by atoms with van der Waals surface area (Å²) in [6.07, 6.45) is 2.72. The number of ether oxygens (including phenoxy) is 1. The van der Waals surface area contributed by atoms with Crippen molar-refractivity contribution in [1.82, 2.24) is 0 Å². The molecule has 0 fully saturated rings. The van der Waals surface area contributed by atoms with Crippen LogP contribution in [-0.4, -0.2) is 6.10 Å². The summed E-state index contributed by atoms with van der Waals surface area (Å²) in [6, 6.07) is 4.17. The summed E-state index contributed by atoms with van der Waals surface area (Å²) in [7, 11) is 0. The van der Waals surface area contributed by atoms with Crippen molar-refractivity contribution in [3.63, 3.8) is 0 Å². The van der Waals surface area contributed by atoms with Crippen LogP contribution in [0.15, 0.2) is 15.9 Å². The number of hydrogen-bond donors (Lipinski definition) is 0. The van der Waals surface area contributed by atoms with E-state index in [4.69, 9.17) is 4.74 Å². The highest BCUT2D eigenvalue weighted by atomic mass is 79.9. The minimum atomic E-state index is 0.380. The first kappa shape index (κ1) is 11.2. The molecule has 74 valence electrons. The summed E-state index contributed by atoms with van der Waals surface area (Å²) >= 11 is 5.17. The van der Waals surface area contributed by atoms with Crippen molar-refractivity contribution >= 4 is 27.3 Å². The molecule has 0 aliphatic carbocycles. The highest BCUT2D eigenvalue weighted by Gasteiger charge is 2.02. The van der Waals surface area contributed by atoms with Gasteiger partial charge in [-0.1, -0.05) is 13.3 Å². The second kappa shape index (κ2) is 5.78. The van der Waals surface area contributed by atoms with Crippen LogP contribution in [0.4, 0.5) is 0 Å². The third-order valence-corrected chi connectivity index (χ3v) is 3.43. The van der Waals surface area contributed by atoms with E-state index >= 15 is 0 Å². The van der Waals surface area contributed by atoms with E-state index in [2.05, 4.69) is 41.9 Å². The summed E-state index contributed by atoms with van der Waals surface area (Å²) in [5, 5.41) is 0. The Hall–Kier alpha value is 0.140. The summed E-state index contributed by atoms with van der Waals surface area (Å²) < 4.78 is 6.85. The van der Waals surface area contributed by atoms with E-state index < -0.39 is 0 Å². The lowest BCUT2D eigenvalue weighted by Gasteiger charge is -2.10. The molecular formula is C10H15BrOS. The highest BCUT2D eigenvalue weighted by molar-refractivity contribution is 9.11. The number of thiophene rings is 1. The molecule has 1 atom stereocenters. The lowest BCUT2D eigenvalue weighted by molar-refractivity contribution is 0.0488. The molecule has 0 amide bonds. The van der Waals surface area contributed by atoms with Crippen LogP contribution in [0, 0.1) is 0 Å². The van der Waals surface area contributed by atoms with Gasteiger partial charge in [0.15, 0.2) is 0 Å². The van der Waals surface area contributed by atoms with Gasteiger partial charge in [-0.15, -0.1) is 11.3 Å². The van der Waals surface area contributed by atoms with Gasteiger partial charge in [0.05, 0.1) is 16.5 Å². The van der Waals surface area contributed by atoms with Crippen molar-refractivity contribution in [2.75, 3.05) is 0 Å². The topological polar surface area (TPSA) is 9.23 Å². The smallest absolute Gasteiger partial charge is 0.0813 e. The maximum absolute atomic E-state index is 5.67. The summed E-state index contributed by atoms with van der Waals surface area (Å²) in [5.41, 5.74) is 0. The van der Waals surface area contributed by atoms with Gasteiger partial charge in [0, 0.05) is 4.88 Å². The van der Waals surface area contributed by atoms with Gasteiger partial charge in [-0.2, -0.15) is 0 Å². The Balaban J connectivity index is 2.26. The molecule has 1 aromatic heterocycles.